The summed E-state index contributed by atoms with van der Waals surface area (Å²) in [4.78, 5) is 13.5. The monoisotopic (exact) mass is 281 g/mol. The topological polar surface area (TPSA) is 54.5 Å². The Morgan fingerprint density at radius 2 is 2.11 bits per heavy atom. The van der Waals surface area contributed by atoms with Crippen molar-refractivity contribution in [3.63, 3.8) is 0 Å². The minimum atomic E-state index is -2.88. The molecule has 0 fully saturated rings. The number of hydrogen-bond acceptors (Lipinski definition) is 4. The molecule has 0 N–H and O–H groups in total. The standard InChI is InChI=1S/C14H19NO3S/c1-11(16)12-4-5-14-13(10-12)6-8-15(14)7-3-9-19(2,17)18/h4-5,10H,3,6-9H2,1-2H3. The Labute approximate surface area is 114 Å². The molecule has 0 saturated carbocycles. The fourth-order valence-electron chi connectivity index (χ4n) is 2.44. The van der Waals surface area contributed by atoms with E-state index in [0.717, 1.165) is 30.8 Å². The summed E-state index contributed by atoms with van der Waals surface area (Å²) in [5.41, 5.74) is 3.07. The van der Waals surface area contributed by atoms with Crippen molar-refractivity contribution < 1.29 is 13.2 Å². The highest BCUT2D eigenvalue weighted by atomic mass is 32.2. The van der Waals surface area contributed by atoms with Gasteiger partial charge in [0.15, 0.2) is 5.78 Å². The summed E-state index contributed by atoms with van der Waals surface area (Å²) in [5, 5.41) is 0. The smallest absolute Gasteiger partial charge is 0.159 e. The highest BCUT2D eigenvalue weighted by Crippen LogP contribution is 2.29. The summed E-state index contributed by atoms with van der Waals surface area (Å²) >= 11 is 0. The molecule has 1 aliphatic rings. The average Bonchev–Trinajstić information content (AvgIpc) is 2.70. The number of rotatable bonds is 5. The molecule has 1 aromatic carbocycles. The first-order chi connectivity index (χ1) is 8.87. The van der Waals surface area contributed by atoms with E-state index < -0.39 is 9.84 Å². The molecule has 0 unspecified atom stereocenters. The number of nitrogens with zero attached hydrogens (tertiary/aromatic N) is 1. The molecule has 0 spiro atoms. The molecule has 0 aromatic heterocycles. The maximum atomic E-state index is 11.3. The van der Waals surface area contributed by atoms with Gasteiger partial charge in [0.05, 0.1) is 5.75 Å². The maximum absolute atomic E-state index is 11.3. The van der Waals surface area contributed by atoms with E-state index in [4.69, 9.17) is 0 Å². The van der Waals surface area contributed by atoms with Crippen LogP contribution in [0.3, 0.4) is 0 Å². The Bertz CT molecular complexity index is 593. The van der Waals surface area contributed by atoms with Crippen molar-refractivity contribution in [3.8, 4) is 0 Å². The Morgan fingerprint density at radius 1 is 1.37 bits per heavy atom. The Kier molecular flexibility index (Phi) is 3.94. The van der Waals surface area contributed by atoms with Crippen molar-refractivity contribution in [3.05, 3.63) is 29.3 Å². The van der Waals surface area contributed by atoms with E-state index >= 15 is 0 Å². The highest BCUT2D eigenvalue weighted by molar-refractivity contribution is 7.90. The van der Waals surface area contributed by atoms with E-state index in [0.29, 0.717) is 6.42 Å². The van der Waals surface area contributed by atoms with Crippen molar-refractivity contribution in [1.29, 1.82) is 0 Å². The minimum absolute atomic E-state index is 0.0818. The van der Waals surface area contributed by atoms with Crippen LogP contribution in [-0.2, 0) is 16.3 Å². The molecular weight excluding hydrogens is 262 g/mol. The van der Waals surface area contributed by atoms with Crippen molar-refractivity contribution >= 4 is 21.3 Å². The van der Waals surface area contributed by atoms with Gasteiger partial charge >= 0.3 is 0 Å². The average molecular weight is 281 g/mol. The van der Waals surface area contributed by atoms with Crippen LogP contribution in [0.15, 0.2) is 18.2 Å². The van der Waals surface area contributed by atoms with Gasteiger partial charge < -0.3 is 4.90 Å². The molecule has 1 aliphatic heterocycles. The van der Waals surface area contributed by atoms with Crippen LogP contribution in [0.1, 0.15) is 29.3 Å². The number of carbonyl (C=O) groups excluding carboxylic acids is 1. The molecule has 5 heteroatoms. The molecule has 0 saturated heterocycles. The molecule has 104 valence electrons. The van der Waals surface area contributed by atoms with E-state index in [1.54, 1.807) is 6.92 Å². The Balaban J connectivity index is 2.04. The summed E-state index contributed by atoms with van der Waals surface area (Å²) in [7, 11) is -2.88. The second kappa shape index (κ2) is 5.33. The zero-order valence-electron chi connectivity index (χ0n) is 11.3. The third kappa shape index (κ3) is 3.56. The van der Waals surface area contributed by atoms with Gasteiger partial charge in [0.25, 0.3) is 0 Å². The fourth-order valence-corrected chi connectivity index (χ4v) is 3.09. The first-order valence-electron chi connectivity index (χ1n) is 6.43. The van der Waals surface area contributed by atoms with Crippen molar-refractivity contribution in [2.75, 3.05) is 30.0 Å². The van der Waals surface area contributed by atoms with Crippen LogP contribution < -0.4 is 4.90 Å². The second-order valence-electron chi connectivity index (χ2n) is 5.12. The lowest BCUT2D eigenvalue weighted by Gasteiger charge is -2.19. The zero-order valence-corrected chi connectivity index (χ0v) is 12.2. The summed E-state index contributed by atoms with van der Waals surface area (Å²) < 4.78 is 22.2. The van der Waals surface area contributed by atoms with E-state index in [9.17, 15) is 13.2 Å². The molecule has 0 aliphatic carbocycles. The van der Waals surface area contributed by atoms with E-state index in [1.165, 1.54) is 11.8 Å². The first kappa shape index (κ1) is 14.1. The van der Waals surface area contributed by atoms with E-state index in [1.807, 2.05) is 18.2 Å². The maximum Gasteiger partial charge on any atom is 0.159 e. The number of fused-ring (bicyclic) bond motifs is 1. The molecule has 19 heavy (non-hydrogen) atoms. The number of anilines is 1. The highest BCUT2D eigenvalue weighted by Gasteiger charge is 2.19. The summed E-state index contributed by atoms with van der Waals surface area (Å²) in [5.74, 6) is 0.308. The third-order valence-electron chi connectivity index (χ3n) is 3.42. The lowest BCUT2D eigenvalue weighted by atomic mass is 10.1. The lowest BCUT2D eigenvalue weighted by molar-refractivity contribution is 0.101. The van der Waals surface area contributed by atoms with Gasteiger partial charge in [-0.15, -0.1) is 0 Å². The second-order valence-corrected chi connectivity index (χ2v) is 7.38. The molecule has 4 nitrogen and oxygen atoms in total. The van der Waals surface area contributed by atoms with Gasteiger partial charge in [-0.3, -0.25) is 4.79 Å². The zero-order chi connectivity index (χ0) is 14.0. The Hall–Kier alpha value is -1.36. The normalized spacial score (nSPS) is 14.5. The summed E-state index contributed by atoms with van der Waals surface area (Å²) in [6.07, 6.45) is 2.84. The van der Waals surface area contributed by atoms with Crippen molar-refractivity contribution in [1.82, 2.24) is 0 Å². The number of ketones is 1. The van der Waals surface area contributed by atoms with Crippen LogP contribution in [0.5, 0.6) is 0 Å². The Morgan fingerprint density at radius 3 is 2.74 bits per heavy atom. The number of Topliss-reactive ketones (excluding diaryl/α,β-unsaturated/α-hetero) is 1. The van der Waals surface area contributed by atoms with Crippen molar-refractivity contribution in [2.24, 2.45) is 0 Å². The quantitative estimate of drug-likeness (QED) is 0.771. The van der Waals surface area contributed by atoms with Gasteiger partial charge in [-0.05, 0) is 43.5 Å². The van der Waals surface area contributed by atoms with Gasteiger partial charge in [-0.1, -0.05) is 0 Å². The molecule has 2 rings (SSSR count). The van der Waals surface area contributed by atoms with Crippen LogP contribution >= 0.6 is 0 Å². The van der Waals surface area contributed by atoms with Gasteiger partial charge in [0.2, 0.25) is 0 Å². The van der Waals surface area contributed by atoms with Crippen LogP contribution in [0.4, 0.5) is 5.69 Å². The van der Waals surface area contributed by atoms with Gasteiger partial charge in [-0.2, -0.15) is 0 Å². The number of carbonyl (C=O) groups is 1. The molecule has 1 heterocycles. The van der Waals surface area contributed by atoms with Gasteiger partial charge in [-0.25, -0.2) is 8.42 Å². The first-order valence-corrected chi connectivity index (χ1v) is 8.49. The lowest BCUT2D eigenvalue weighted by Crippen LogP contribution is -2.23. The van der Waals surface area contributed by atoms with Crippen LogP contribution in [0, 0.1) is 0 Å². The molecular formula is C14H19NO3S. The minimum Gasteiger partial charge on any atom is -0.371 e. The molecule has 1 aromatic rings. The van der Waals surface area contributed by atoms with E-state index in [-0.39, 0.29) is 11.5 Å². The van der Waals surface area contributed by atoms with Gasteiger partial charge in [0.1, 0.15) is 9.84 Å². The number of hydrogen-bond donors (Lipinski definition) is 0. The summed E-state index contributed by atoms with van der Waals surface area (Å²) in [6.45, 7) is 3.22. The molecule has 0 amide bonds. The van der Waals surface area contributed by atoms with Gasteiger partial charge in [0, 0.05) is 30.6 Å². The largest absolute Gasteiger partial charge is 0.371 e. The predicted octanol–water partition coefficient (Wildman–Crippen LogP) is 1.69. The van der Waals surface area contributed by atoms with Crippen LogP contribution in [0.25, 0.3) is 0 Å². The number of sulfone groups is 1. The molecule has 0 bridgehead atoms. The van der Waals surface area contributed by atoms with Crippen LogP contribution in [0.2, 0.25) is 0 Å². The molecule has 0 radical (unpaired) electrons. The number of benzene rings is 1. The molecule has 0 atom stereocenters. The predicted molar refractivity (Wildman–Crippen MR) is 76.7 cm³/mol. The van der Waals surface area contributed by atoms with E-state index in [2.05, 4.69) is 4.90 Å². The SMILES string of the molecule is CC(=O)c1ccc2c(c1)CCN2CCCS(C)(=O)=O. The van der Waals surface area contributed by atoms with Crippen molar-refractivity contribution in [2.45, 2.75) is 19.8 Å². The summed E-state index contributed by atoms with van der Waals surface area (Å²) in [6, 6.07) is 5.77. The third-order valence-corrected chi connectivity index (χ3v) is 4.45. The fraction of sp³-hybridized carbons (Fsp3) is 0.500. The van der Waals surface area contributed by atoms with Crippen LogP contribution in [-0.4, -0.2) is 39.3 Å².